The zero-order valence-corrected chi connectivity index (χ0v) is 13.0. The topological polar surface area (TPSA) is 29.9 Å². The molecule has 1 N–H and O–H groups in total. The van der Waals surface area contributed by atoms with E-state index in [2.05, 4.69) is 45.0 Å². The Morgan fingerprint density at radius 3 is 2.50 bits per heavy atom. The second-order valence-electron chi connectivity index (χ2n) is 5.55. The third kappa shape index (κ3) is 3.99. The van der Waals surface area contributed by atoms with Gasteiger partial charge in [0.1, 0.15) is 0 Å². The number of hydrogen-bond acceptors (Lipinski definition) is 2. The van der Waals surface area contributed by atoms with Gasteiger partial charge in [-0.3, -0.25) is 4.68 Å². The van der Waals surface area contributed by atoms with Crippen LogP contribution in [0.4, 0.5) is 0 Å². The number of nitrogens with zero attached hydrogens (tertiary/aromatic N) is 2. The molecule has 1 atom stereocenters. The van der Waals surface area contributed by atoms with Gasteiger partial charge < -0.3 is 5.32 Å². The maximum atomic E-state index is 6.32. The molecule has 0 saturated heterocycles. The van der Waals surface area contributed by atoms with Gasteiger partial charge in [-0.25, -0.2) is 0 Å². The van der Waals surface area contributed by atoms with E-state index >= 15 is 0 Å². The highest BCUT2D eigenvalue weighted by molar-refractivity contribution is 6.31. The zero-order chi connectivity index (χ0) is 13.7. The lowest BCUT2D eigenvalue weighted by Crippen LogP contribution is -2.27. The molecule has 1 rings (SSSR count). The van der Waals surface area contributed by atoms with Crippen LogP contribution in [0.3, 0.4) is 0 Å². The van der Waals surface area contributed by atoms with Crippen molar-refractivity contribution in [2.75, 3.05) is 6.54 Å². The summed E-state index contributed by atoms with van der Waals surface area (Å²) in [6, 6.07) is 0.632. The molecule has 1 aromatic heterocycles. The average molecular weight is 272 g/mol. The summed E-state index contributed by atoms with van der Waals surface area (Å²) < 4.78 is 2.04. The minimum atomic E-state index is 0.294. The van der Waals surface area contributed by atoms with Crippen molar-refractivity contribution in [3.63, 3.8) is 0 Å². The summed E-state index contributed by atoms with van der Waals surface area (Å²) in [5, 5.41) is 8.77. The Labute approximate surface area is 116 Å². The van der Waals surface area contributed by atoms with E-state index in [1.165, 1.54) is 0 Å². The van der Waals surface area contributed by atoms with Crippen LogP contribution in [-0.4, -0.2) is 16.3 Å². The average Bonchev–Trinajstić information content (AvgIpc) is 2.66. The standard InChI is InChI=1S/C14H26ClN3/c1-6-7-16-13(8-10(2)3)14-12(15)9-17-18(14)11(4)5/h9-11,13,16H,6-8H2,1-5H3. The Hall–Kier alpha value is -0.540. The smallest absolute Gasteiger partial charge is 0.0834 e. The quantitative estimate of drug-likeness (QED) is 0.805. The Balaban J connectivity index is 2.99. The van der Waals surface area contributed by atoms with Crippen LogP contribution in [0.25, 0.3) is 0 Å². The molecule has 0 amide bonds. The van der Waals surface area contributed by atoms with E-state index in [9.17, 15) is 0 Å². The molecule has 0 spiro atoms. The van der Waals surface area contributed by atoms with E-state index in [1.807, 2.05) is 4.68 Å². The van der Waals surface area contributed by atoms with Crippen molar-refractivity contribution in [3.05, 3.63) is 16.9 Å². The summed E-state index contributed by atoms with van der Waals surface area (Å²) >= 11 is 6.32. The van der Waals surface area contributed by atoms with E-state index in [0.29, 0.717) is 18.0 Å². The van der Waals surface area contributed by atoms with Crippen LogP contribution in [0.1, 0.15) is 65.2 Å². The molecule has 0 aliphatic heterocycles. The third-order valence-electron chi connectivity index (χ3n) is 2.95. The lowest BCUT2D eigenvalue weighted by molar-refractivity contribution is 0.389. The predicted molar refractivity (Wildman–Crippen MR) is 78.1 cm³/mol. The third-order valence-corrected chi connectivity index (χ3v) is 3.25. The highest BCUT2D eigenvalue weighted by Crippen LogP contribution is 2.29. The fourth-order valence-corrected chi connectivity index (χ4v) is 2.43. The van der Waals surface area contributed by atoms with Crippen molar-refractivity contribution in [2.24, 2.45) is 5.92 Å². The SMILES string of the molecule is CCCNC(CC(C)C)c1c(Cl)cnn1C(C)C. The minimum Gasteiger partial charge on any atom is -0.309 e. The van der Waals surface area contributed by atoms with E-state index in [1.54, 1.807) is 6.20 Å². The van der Waals surface area contributed by atoms with Gasteiger partial charge >= 0.3 is 0 Å². The molecule has 18 heavy (non-hydrogen) atoms. The number of halogens is 1. The minimum absolute atomic E-state index is 0.294. The van der Waals surface area contributed by atoms with Crippen LogP contribution in [-0.2, 0) is 0 Å². The van der Waals surface area contributed by atoms with Crippen LogP contribution in [0.2, 0.25) is 5.02 Å². The number of aromatic nitrogens is 2. The van der Waals surface area contributed by atoms with Gasteiger partial charge in [-0.2, -0.15) is 5.10 Å². The highest BCUT2D eigenvalue weighted by Gasteiger charge is 2.21. The summed E-state index contributed by atoms with van der Waals surface area (Å²) in [7, 11) is 0. The van der Waals surface area contributed by atoms with Crippen LogP contribution in [0.5, 0.6) is 0 Å². The fraction of sp³-hybridized carbons (Fsp3) is 0.786. The summed E-state index contributed by atoms with van der Waals surface area (Å²) in [6.07, 6.45) is 3.97. The molecule has 1 aromatic rings. The molecule has 3 nitrogen and oxygen atoms in total. The highest BCUT2D eigenvalue weighted by atomic mass is 35.5. The second kappa shape index (κ2) is 7.15. The molecule has 0 fully saturated rings. The van der Waals surface area contributed by atoms with Crippen molar-refractivity contribution in [2.45, 2.75) is 59.5 Å². The van der Waals surface area contributed by atoms with Crippen LogP contribution in [0, 0.1) is 5.92 Å². The molecule has 0 saturated carbocycles. The lowest BCUT2D eigenvalue weighted by atomic mass is 10.0. The van der Waals surface area contributed by atoms with Crippen molar-refractivity contribution >= 4 is 11.6 Å². The monoisotopic (exact) mass is 271 g/mol. The molecule has 104 valence electrons. The summed E-state index contributed by atoms with van der Waals surface area (Å²) in [5.74, 6) is 0.630. The second-order valence-corrected chi connectivity index (χ2v) is 5.96. The van der Waals surface area contributed by atoms with Gasteiger partial charge in [0.2, 0.25) is 0 Å². The zero-order valence-electron chi connectivity index (χ0n) is 12.2. The van der Waals surface area contributed by atoms with Gasteiger partial charge in [0.15, 0.2) is 0 Å². The summed E-state index contributed by atoms with van der Waals surface area (Å²) in [5.41, 5.74) is 1.13. The van der Waals surface area contributed by atoms with E-state index < -0.39 is 0 Å². The predicted octanol–water partition coefficient (Wildman–Crippen LogP) is 4.20. The van der Waals surface area contributed by atoms with Crippen LogP contribution >= 0.6 is 11.6 Å². The largest absolute Gasteiger partial charge is 0.309 e. The lowest BCUT2D eigenvalue weighted by Gasteiger charge is -2.23. The maximum absolute atomic E-state index is 6.32. The first-order valence-corrected chi connectivity index (χ1v) is 7.31. The van der Waals surface area contributed by atoms with E-state index in [-0.39, 0.29) is 0 Å². The van der Waals surface area contributed by atoms with E-state index in [0.717, 1.165) is 30.1 Å². The van der Waals surface area contributed by atoms with Gasteiger partial charge in [0.25, 0.3) is 0 Å². The molecule has 1 heterocycles. The van der Waals surface area contributed by atoms with Gasteiger partial charge in [0.05, 0.1) is 23.0 Å². The molecular weight excluding hydrogens is 246 g/mol. The molecule has 0 aliphatic carbocycles. The van der Waals surface area contributed by atoms with E-state index in [4.69, 9.17) is 11.6 Å². The van der Waals surface area contributed by atoms with Gasteiger partial charge in [0, 0.05) is 6.04 Å². The Kier molecular flexibility index (Phi) is 6.16. The van der Waals surface area contributed by atoms with Gasteiger partial charge in [-0.1, -0.05) is 32.4 Å². The molecule has 0 radical (unpaired) electrons. The Bertz CT molecular complexity index is 358. The maximum Gasteiger partial charge on any atom is 0.0834 e. The molecule has 0 bridgehead atoms. The van der Waals surface area contributed by atoms with Crippen molar-refractivity contribution in [1.29, 1.82) is 0 Å². The first-order chi connectivity index (χ1) is 8.47. The summed E-state index contributed by atoms with van der Waals surface area (Å²) in [4.78, 5) is 0. The van der Waals surface area contributed by atoms with Crippen molar-refractivity contribution in [3.8, 4) is 0 Å². The van der Waals surface area contributed by atoms with Crippen LogP contribution < -0.4 is 5.32 Å². The van der Waals surface area contributed by atoms with Crippen molar-refractivity contribution < 1.29 is 0 Å². The normalized spacial score (nSPS) is 13.6. The first kappa shape index (κ1) is 15.5. The molecule has 1 unspecified atom stereocenters. The van der Waals surface area contributed by atoms with Crippen LogP contribution in [0.15, 0.2) is 6.20 Å². The molecule has 4 heteroatoms. The van der Waals surface area contributed by atoms with Gasteiger partial charge in [-0.05, 0) is 39.2 Å². The Morgan fingerprint density at radius 1 is 1.33 bits per heavy atom. The number of nitrogens with one attached hydrogen (secondary N) is 1. The fourth-order valence-electron chi connectivity index (χ4n) is 2.17. The van der Waals surface area contributed by atoms with Crippen molar-refractivity contribution in [1.82, 2.24) is 15.1 Å². The van der Waals surface area contributed by atoms with Gasteiger partial charge in [-0.15, -0.1) is 0 Å². The first-order valence-electron chi connectivity index (χ1n) is 6.93. The number of rotatable bonds is 7. The molecule has 0 aliphatic rings. The summed E-state index contributed by atoms with van der Waals surface area (Å²) in [6.45, 7) is 11.9. The molecule has 0 aromatic carbocycles. The number of hydrogen-bond donors (Lipinski definition) is 1. The molecular formula is C14H26ClN3. The Morgan fingerprint density at radius 2 is 2.00 bits per heavy atom.